The van der Waals surface area contributed by atoms with Crippen molar-refractivity contribution in [2.45, 2.75) is 44.1 Å². The van der Waals surface area contributed by atoms with Gasteiger partial charge in [-0.05, 0) is 38.0 Å². The van der Waals surface area contributed by atoms with E-state index in [4.69, 9.17) is 0 Å². The molecule has 1 saturated carbocycles. The molecule has 0 aromatic heterocycles. The highest BCUT2D eigenvalue weighted by Gasteiger charge is 2.32. The van der Waals surface area contributed by atoms with Gasteiger partial charge >= 0.3 is 5.97 Å². The lowest BCUT2D eigenvalue weighted by atomic mass is 9.76. The molecule has 0 bridgehead atoms. The van der Waals surface area contributed by atoms with Gasteiger partial charge in [-0.15, -0.1) is 6.58 Å². The van der Waals surface area contributed by atoms with Gasteiger partial charge in [0, 0.05) is 6.42 Å². The summed E-state index contributed by atoms with van der Waals surface area (Å²) >= 11 is 0. The van der Waals surface area contributed by atoms with Gasteiger partial charge in [0.2, 0.25) is 0 Å². The van der Waals surface area contributed by atoms with Crippen LogP contribution < -0.4 is 0 Å². The Morgan fingerprint density at radius 2 is 2.20 bits per heavy atom. The van der Waals surface area contributed by atoms with Gasteiger partial charge in [-0.3, -0.25) is 4.79 Å². The summed E-state index contributed by atoms with van der Waals surface area (Å²) < 4.78 is 4.63. The summed E-state index contributed by atoms with van der Waals surface area (Å²) in [6, 6.07) is 0. The maximum absolute atomic E-state index is 11.1. The molecule has 0 saturated heterocycles. The number of methoxy groups -OCH3 is 1. The number of hydrogen-bond donors (Lipinski definition) is 1. The van der Waals surface area contributed by atoms with Gasteiger partial charge in [-0.1, -0.05) is 6.08 Å². The van der Waals surface area contributed by atoms with Crippen LogP contribution >= 0.6 is 0 Å². The van der Waals surface area contributed by atoms with Gasteiger partial charge in [-0.2, -0.15) is 0 Å². The number of hydrogen-bond acceptors (Lipinski definition) is 3. The number of esters is 1. The highest BCUT2D eigenvalue weighted by molar-refractivity contribution is 5.69. The zero-order chi connectivity index (χ0) is 11.3. The minimum absolute atomic E-state index is 0.144. The summed E-state index contributed by atoms with van der Waals surface area (Å²) in [6.45, 7) is 3.65. The van der Waals surface area contributed by atoms with E-state index in [1.807, 2.05) is 0 Å². The topological polar surface area (TPSA) is 46.5 Å². The summed E-state index contributed by atoms with van der Waals surface area (Å²) in [5.41, 5.74) is -0.575. The van der Waals surface area contributed by atoms with Gasteiger partial charge in [0.25, 0.3) is 0 Å². The minimum Gasteiger partial charge on any atom is -0.469 e. The largest absolute Gasteiger partial charge is 0.469 e. The van der Waals surface area contributed by atoms with E-state index in [0.717, 1.165) is 25.7 Å². The molecule has 0 aromatic rings. The van der Waals surface area contributed by atoms with Crippen LogP contribution in [-0.2, 0) is 9.53 Å². The van der Waals surface area contributed by atoms with E-state index in [1.165, 1.54) is 7.11 Å². The van der Waals surface area contributed by atoms with Crippen LogP contribution in [0, 0.1) is 5.92 Å². The van der Waals surface area contributed by atoms with Gasteiger partial charge < -0.3 is 9.84 Å². The summed E-state index contributed by atoms with van der Waals surface area (Å²) in [7, 11) is 1.42. The normalized spacial score (nSPS) is 30.9. The molecule has 3 heteroatoms. The van der Waals surface area contributed by atoms with E-state index in [2.05, 4.69) is 11.3 Å². The highest BCUT2D eigenvalue weighted by atomic mass is 16.5. The Hall–Kier alpha value is -0.830. The van der Waals surface area contributed by atoms with Gasteiger partial charge in [0.15, 0.2) is 0 Å². The molecule has 0 amide bonds. The summed E-state index contributed by atoms with van der Waals surface area (Å²) in [4.78, 5) is 11.1. The van der Waals surface area contributed by atoms with Crippen molar-refractivity contribution in [1.82, 2.24) is 0 Å². The van der Waals surface area contributed by atoms with Crippen molar-refractivity contribution in [3.05, 3.63) is 12.7 Å². The molecule has 15 heavy (non-hydrogen) atoms. The lowest BCUT2D eigenvalue weighted by molar-refractivity contribution is -0.142. The molecule has 0 atom stereocenters. The van der Waals surface area contributed by atoms with Crippen LogP contribution in [0.1, 0.15) is 38.5 Å². The molecule has 0 spiro atoms. The third kappa shape index (κ3) is 3.67. The van der Waals surface area contributed by atoms with Crippen molar-refractivity contribution in [3.8, 4) is 0 Å². The molecule has 0 aromatic carbocycles. The molecule has 86 valence electrons. The van der Waals surface area contributed by atoms with Gasteiger partial charge in [-0.25, -0.2) is 0 Å². The number of ether oxygens (including phenoxy) is 1. The second-order valence-electron chi connectivity index (χ2n) is 4.44. The quantitative estimate of drug-likeness (QED) is 0.573. The van der Waals surface area contributed by atoms with E-state index in [-0.39, 0.29) is 5.97 Å². The molecular weight excluding hydrogens is 192 g/mol. The van der Waals surface area contributed by atoms with Crippen LogP contribution in [-0.4, -0.2) is 23.8 Å². The Morgan fingerprint density at radius 1 is 1.60 bits per heavy atom. The average molecular weight is 212 g/mol. The second-order valence-corrected chi connectivity index (χ2v) is 4.44. The lowest BCUT2D eigenvalue weighted by Gasteiger charge is -2.35. The number of aliphatic hydroxyl groups is 1. The van der Waals surface area contributed by atoms with Crippen molar-refractivity contribution in [1.29, 1.82) is 0 Å². The van der Waals surface area contributed by atoms with E-state index < -0.39 is 5.60 Å². The molecule has 0 unspecified atom stereocenters. The van der Waals surface area contributed by atoms with E-state index in [9.17, 15) is 9.90 Å². The van der Waals surface area contributed by atoms with Crippen LogP contribution in [0.2, 0.25) is 0 Å². The third-order valence-electron chi connectivity index (χ3n) is 3.24. The molecule has 3 nitrogen and oxygen atoms in total. The SMILES string of the molecule is C=CCC1(O)CCC(CC(=O)OC)CC1. The smallest absolute Gasteiger partial charge is 0.305 e. The molecule has 0 heterocycles. The summed E-state index contributed by atoms with van der Waals surface area (Å²) in [5, 5.41) is 10.1. The third-order valence-corrected chi connectivity index (χ3v) is 3.24. The first-order chi connectivity index (χ1) is 7.09. The molecule has 1 N–H and O–H groups in total. The van der Waals surface area contributed by atoms with Crippen LogP contribution in [0.4, 0.5) is 0 Å². The number of carbonyl (C=O) groups is 1. The molecule has 1 rings (SSSR count). The summed E-state index contributed by atoms with van der Waals surface area (Å²) in [6.07, 6.45) is 6.24. The maximum Gasteiger partial charge on any atom is 0.305 e. The van der Waals surface area contributed by atoms with Crippen molar-refractivity contribution in [2.24, 2.45) is 5.92 Å². The first-order valence-corrected chi connectivity index (χ1v) is 5.50. The Bertz CT molecular complexity index is 227. The monoisotopic (exact) mass is 212 g/mol. The Morgan fingerprint density at radius 3 is 2.67 bits per heavy atom. The predicted octanol–water partition coefficient (Wildman–Crippen LogP) is 2.05. The Kier molecular flexibility index (Phi) is 4.33. The fourth-order valence-electron chi connectivity index (χ4n) is 2.21. The lowest BCUT2D eigenvalue weighted by Crippen LogP contribution is -2.34. The van der Waals surface area contributed by atoms with Crippen molar-refractivity contribution < 1.29 is 14.6 Å². The standard InChI is InChI=1S/C12H20O3/c1-3-6-12(14)7-4-10(5-8-12)9-11(13)15-2/h3,10,14H,1,4-9H2,2H3. The maximum atomic E-state index is 11.1. The van der Waals surface area contributed by atoms with Crippen LogP contribution in [0.15, 0.2) is 12.7 Å². The fraction of sp³-hybridized carbons (Fsp3) is 0.750. The Balaban J connectivity index is 2.35. The van der Waals surface area contributed by atoms with Crippen LogP contribution in [0.25, 0.3) is 0 Å². The fourth-order valence-corrected chi connectivity index (χ4v) is 2.21. The summed E-state index contributed by atoms with van der Waals surface area (Å²) in [5.74, 6) is 0.233. The highest BCUT2D eigenvalue weighted by Crippen LogP contribution is 2.35. The van der Waals surface area contributed by atoms with E-state index in [0.29, 0.717) is 18.8 Å². The number of carbonyl (C=O) groups excluding carboxylic acids is 1. The first kappa shape index (κ1) is 12.2. The molecule has 1 fully saturated rings. The number of rotatable bonds is 4. The van der Waals surface area contributed by atoms with Gasteiger partial charge in [0.1, 0.15) is 0 Å². The van der Waals surface area contributed by atoms with E-state index >= 15 is 0 Å². The zero-order valence-electron chi connectivity index (χ0n) is 9.37. The first-order valence-electron chi connectivity index (χ1n) is 5.50. The molecule has 0 radical (unpaired) electrons. The zero-order valence-corrected chi connectivity index (χ0v) is 9.37. The molecular formula is C12H20O3. The molecule has 1 aliphatic rings. The Labute approximate surface area is 91.1 Å². The second kappa shape index (κ2) is 5.31. The average Bonchev–Trinajstić information content (AvgIpc) is 2.22. The van der Waals surface area contributed by atoms with Crippen molar-refractivity contribution in [3.63, 3.8) is 0 Å². The van der Waals surface area contributed by atoms with E-state index in [1.54, 1.807) is 6.08 Å². The van der Waals surface area contributed by atoms with Gasteiger partial charge in [0.05, 0.1) is 12.7 Å². The van der Waals surface area contributed by atoms with Crippen LogP contribution in [0.5, 0.6) is 0 Å². The molecule has 1 aliphatic carbocycles. The minimum atomic E-state index is -0.575. The predicted molar refractivity (Wildman–Crippen MR) is 58.4 cm³/mol. The van der Waals surface area contributed by atoms with Crippen LogP contribution in [0.3, 0.4) is 0 Å². The van der Waals surface area contributed by atoms with Crippen molar-refractivity contribution >= 4 is 5.97 Å². The van der Waals surface area contributed by atoms with Crippen molar-refractivity contribution in [2.75, 3.05) is 7.11 Å². The molecule has 0 aliphatic heterocycles.